The maximum atomic E-state index is 11.1. The fourth-order valence-corrected chi connectivity index (χ4v) is 1.80. The molecule has 0 aliphatic heterocycles. The minimum absolute atomic E-state index is 0.266. The average molecular weight is 255 g/mol. The number of carbonyl (C=O) groups is 1. The van der Waals surface area contributed by atoms with Crippen LogP contribution in [-0.2, 0) is 4.79 Å². The normalized spacial score (nSPS) is 17.5. The lowest BCUT2D eigenvalue weighted by Crippen LogP contribution is -2.37. The molecule has 0 heterocycles. The van der Waals surface area contributed by atoms with Crippen molar-refractivity contribution in [2.45, 2.75) is 18.4 Å². The molecule has 0 atom stereocenters. The summed E-state index contributed by atoms with van der Waals surface area (Å²) in [4.78, 5) is 11.1. The van der Waals surface area contributed by atoms with Gasteiger partial charge in [-0.25, -0.2) is 0 Å². The molecule has 1 amide bonds. The number of rotatable bonds is 3. The summed E-state index contributed by atoms with van der Waals surface area (Å²) in [5, 5.41) is 3.17. The van der Waals surface area contributed by atoms with Gasteiger partial charge in [0.15, 0.2) is 0 Å². The predicted octanol–water partition coefficient (Wildman–Crippen LogP) is 1.88. The van der Waals surface area contributed by atoms with Gasteiger partial charge in [0.1, 0.15) is 5.54 Å². The van der Waals surface area contributed by atoms with E-state index in [1.54, 1.807) is 0 Å². The van der Waals surface area contributed by atoms with E-state index in [-0.39, 0.29) is 5.91 Å². The molecule has 0 saturated heterocycles. The van der Waals surface area contributed by atoms with Crippen LogP contribution in [0.3, 0.4) is 0 Å². The van der Waals surface area contributed by atoms with E-state index in [1.807, 2.05) is 24.3 Å². The third-order valence-electron chi connectivity index (χ3n) is 2.43. The van der Waals surface area contributed by atoms with Crippen LogP contribution in [-0.4, -0.2) is 11.4 Å². The third kappa shape index (κ3) is 1.75. The van der Waals surface area contributed by atoms with Crippen molar-refractivity contribution < 1.29 is 4.79 Å². The molecule has 0 radical (unpaired) electrons. The summed E-state index contributed by atoms with van der Waals surface area (Å²) >= 11 is 3.37. The van der Waals surface area contributed by atoms with Crippen molar-refractivity contribution in [1.29, 1.82) is 0 Å². The first kappa shape index (κ1) is 9.52. The summed E-state index contributed by atoms with van der Waals surface area (Å²) in [7, 11) is 0. The number of nitrogens with one attached hydrogen (secondary N) is 1. The summed E-state index contributed by atoms with van der Waals surface area (Å²) in [6.45, 7) is 0. The lowest BCUT2D eigenvalue weighted by Gasteiger charge is -2.14. The van der Waals surface area contributed by atoms with Crippen LogP contribution in [0.2, 0.25) is 0 Å². The molecule has 1 aliphatic rings. The first-order valence-electron chi connectivity index (χ1n) is 4.46. The van der Waals surface area contributed by atoms with Crippen LogP contribution in [0.1, 0.15) is 12.8 Å². The van der Waals surface area contributed by atoms with Crippen LogP contribution in [0.25, 0.3) is 0 Å². The highest BCUT2D eigenvalue weighted by Crippen LogP contribution is 2.38. The topological polar surface area (TPSA) is 55.1 Å². The second-order valence-electron chi connectivity index (χ2n) is 3.58. The molecular weight excluding hydrogens is 244 g/mol. The minimum Gasteiger partial charge on any atom is -0.371 e. The molecule has 3 N–H and O–H groups in total. The third-order valence-corrected chi connectivity index (χ3v) is 2.92. The molecule has 0 spiro atoms. The lowest BCUT2D eigenvalue weighted by molar-refractivity contribution is -0.119. The molecule has 1 aliphatic carbocycles. The molecule has 0 aromatic heterocycles. The predicted molar refractivity (Wildman–Crippen MR) is 58.9 cm³/mol. The van der Waals surface area contributed by atoms with Gasteiger partial charge in [0.2, 0.25) is 5.91 Å². The Hall–Kier alpha value is -1.03. The van der Waals surface area contributed by atoms with E-state index >= 15 is 0 Å². The van der Waals surface area contributed by atoms with E-state index in [1.165, 1.54) is 0 Å². The molecule has 4 heteroatoms. The number of primary amides is 1. The van der Waals surface area contributed by atoms with Gasteiger partial charge >= 0.3 is 0 Å². The zero-order chi connectivity index (χ0) is 10.2. The average Bonchev–Trinajstić information content (AvgIpc) is 2.85. The van der Waals surface area contributed by atoms with E-state index in [2.05, 4.69) is 21.2 Å². The van der Waals surface area contributed by atoms with Gasteiger partial charge in [0.25, 0.3) is 0 Å². The van der Waals surface area contributed by atoms with Gasteiger partial charge in [-0.15, -0.1) is 0 Å². The van der Waals surface area contributed by atoms with E-state index in [0.29, 0.717) is 0 Å². The van der Waals surface area contributed by atoms with Crippen molar-refractivity contribution in [3.63, 3.8) is 0 Å². The van der Waals surface area contributed by atoms with Crippen molar-refractivity contribution >= 4 is 27.5 Å². The number of hydrogen-bond acceptors (Lipinski definition) is 2. The fourth-order valence-electron chi connectivity index (χ4n) is 1.40. The second kappa shape index (κ2) is 3.28. The molecule has 3 nitrogen and oxygen atoms in total. The zero-order valence-electron chi connectivity index (χ0n) is 7.59. The number of amides is 1. The maximum absolute atomic E-state index is 11.1. The summed E-state index contributed by atoms with van der Waals surface area (Å²) in [6, 6.07) is 7.72. The Bertz CT molecular complexity index is 374. The van der Waals surface area contributed by atoms with Gasteiger partial charge < -0.3 is 11.1 Å². The largest absolute Gasteiger partial charge is 0.371 e. The fraction of sp³-hybridized carbons (Fsp3) is 0.300. The highest BCUT2D eigenvalue weighted by molar-refractivity contribution is 9.10. The number of anilines is 1. The van der Waals surface area contributed by atoms with Crippen LogP contribution in [0.4, 0.5) is 5.69 Å². The van der Waals surface area contributed by atoms with Gasteiger partial charge in [-0.05, 0) is 31.0 Å². The standard InChI is InChI=1S/C10H11BrN2O/c11-7-2-1-3-8(6-7)13-10(4-5-10)9(12)14/h1-3,6,13H,4-5H2,(H2,12,14). The molecule has 14 heavy (non-hydrogen) atoms. The Morgan fingerprint density at radius 3 is 2.71 bits per heavy atom. The van der Waals surface area contributed by atoms with Gasteiger partial charge in [0, 0.05) is 10.2 Å². The second-order valence-corrected chi connectivity index (χ2v) is 4.50. The van der Waals surface area contributed by atoms with Crippen LogP contribution in [0.15, 0.2) is 28.7 Å². The molecule has 0 bridgehead atoms. The Labute approximate surface area is 90.8 Å². The van der Waals surface area contributed by atoms with E-state index in [0.717, 1.165) is 23.0 Å². The minimum atomic E-state index is -0.485. The molecule has 74 valence electrons. The smallest absolute Gasteiger partial charge is 0.243 e. The molecule has 1 aromatic rings. The highest BCUT2D eigenvalue weighted by Gasteiger charge is 2.48. The maximum Gasteiger partial charge on any atom is 0.243 e. The van der Waals surface area contributed by atoms with Crippen LogP contribution < -0.4 is 11.1 Å². The van der Waals surface area contributed by atoms with Crippen molar-refractivity contribution in [3.8, 4) is 0 Å². The van der Waals surface area contributed by atoms with Crippen LogP contribution >= 0.6 is 15.9 Å². The number of nitrogens with two attached hydrogens (primary N) is 1. The molecule has 1 aromatic carbocycles. The monoisotopic (exact) mass is 254 g/mol. The van der Waals surface area contributed by atoms with Gasteiger partial charge in [-0.3, -0.25) is 4.79 Å². The van der Waals surface area contributed by atoms with E-state index in [9.17, 15) is 4.79 Å². The Morgan fingerprint density at radius 1 is 1.50 bits per heavy atom. The van der Waals surface area contributed by atoms with E-state index in [4.69, 9.17) is 5.73 Å². The Morgan fingerprint density at radius 2 is 2.21 bits per heavy atom. The zero-order valence-corrected chi connectivity index (χ0v) is 9.17. The summed E-state index contributed by atoms with van der Waals surface area (Å²) < 4.78 is 0.989. The Kier molecular flexibility index (Phi) is 2.23. The summed E-state index contributed by atoms with van der Waals surface area (Å²) in [5.41, 5.74) is 5.75. The quantitative estimate of drug-likeness (QED) is 0.866. The van der Waals surface area contributed by atoms with Gasteiger partial charge in [-0.1, -0.05) is 22.0 Å². The first-order valence-corrected chi connectivity index (χ1v) is 5.25. The lowest BCUT2D eigenvalue weighted by atomic mass is 10.2. The van der Waals surface area contributed by atoms with Crippen molar-refractivity contribution in [1.82, 2.24) is 0 Å². The van der Waals surface area contributed by atoms with Crippen molar-refractivity contribution in [2.24, 2.45) is 5.73 Å². The molecule has 1 fully saturated rings. The van der Waals surface area contributed by atoms with Crippen LogP contribution in [0.5, 0.6) is 0 Å². The number of benzene rings is 1. The Balaban J connectivity index is 2.15. The van der Waals surface area contributed by atoms with Crippen molar-refractivity contribution in [3.05, 3.63) is 28.7 Å². The number of halogens is 1. The van der Waals surface area contributed by atoms with Gasteiger partial charge in [-0.2, -0.15) is 0 Å². The highest BCUT2D eigenvalue weighted by atomic mass is 79.9. The van der Waals surface area contributed by atoms with Gasteiger partial charge in [0.05, 0.1) is 0 Å². The van der Waals surface area contributed by atoms with Crippen LogP contribution in [0, 0.1) is 0 Å². The van der Waals surface area contributed by atoms with Crippen molar-refractivity contribution in [2.75, 3.05) is 5.32 Å². The molecule has 1 saturated carbocycles. The SMILES string of the molecule is NC(=O)C1(Nc2cccc(Br)c2)CC1. The summed E-state index contributed by atoms with van der Waals surface area (Å²) in [6.07, 6.45) is 1.66. The van der Waals surface area contributed by atoms with E-state index < -0.39 is 5.54 Å². The summed E-state index contributed by atoms with van der Waals surface area (Å²) in [5.74, 6) is -0.266. The number of hydrogen-bond donors (Lipinski definition) is 2. The molecule has 2 rings (SSSR count). The molecular formula is C10H11BrN2O. The number of carbonyl (C=O) groups excluding carboxylic acids is 1. The first-order chi connectivity index (χ1) is 6.62. The molecule has 0 unspecified atom stereocenters.